The van der Waals surface area contributed by atoms with Crippen LogP contribution in [0.15, 0.2) is 45.5 Å². The van der Waals surface area contributed by atoms with E-state index in [2.05, 4.69) is 15.9 Å². The molecule has 0 radical (unpaired) electrons. The minimum absolute atomic E-state index is 0.00235. The predicted octanol–water partition coefficient (Wildman–Crippen LogP) is 5.21. The summed E-state index contributed by atoms with van der Waals surface area (Å²) in [6.45, 7) is 2.38. The number of phenolic OH excluding ortho intramolecular Hbond substituents is 1. The van der Waals surface area contributed by atoms with Gasteiger partial charge in [0.05, 0.1) is 32.5 Å². The van der Waals surface area contributed by atoms with Crippen molar-refractivity contribution < 1.29 is 28.5 Å². The van der Waals surface area contributed by atoms with Gasteiger partial charge >= 0.3 is 0 Å². The molecule has 0 bridgehead atoms. The zero-order valence-corrected chi connectivity index (χ0v) is 17.2. The van der Waals surface area contributed by atoms with Crippen molar-refractivity contribution >= 4 is 38.8 Å². The summed E-state index contributed by atoms with van der Waals surface area (Å²) in [6, 6.07) is 7.16. The molecule has 0 amide bonds. The molecule has 1 heterocycles. The average Bonchev–Trinajstić information content (AvgIpc) is 3.16. The fourth-order valence-electron chi connectivity index (χ4n) is 2.94. The van der Waals surface area contributed by atoms with Crippen LogP contribution in [0.2, 0.25) is 0 Å². The zero-order chi connectivity index (χ0) is 20.3. The summed E-state index contributed by atoms with van der Waals surface area (Å²) in [6.07, 6.45) is 4.42. The van der Waals surface area contributed by atoms with E-state index in [1.165, 1.54) is 26.6 Å². The number of halogens is 1. The fraction of sp³-hybridized carbons (Fsp3) is 0.190. The minimum Gasteiger partial charge on any atom is -0.504 e. The molecule has 3 rings (SSSR count). The van der Waals surface area contributed by atoms with Gasteiger partial charge in [-0.05, 0) is 43.3 Å². The summed E-state index contributed by atoms with van der Waals surface area (Å²) in [5.41, 5.74) is 1.03. The lowest BCUT2D eigenvalue weighted by atomic mass is 10.0. The Labute approximate surface area is 170 Å². The number of ether oxygens (including phenoxy) is 3. The van der Waals surface area contributed by atoms with Gasteiger partial charge in [0.2, 0.25) is 5.75 Å². The van der Waals surface area contributed by atoms with Crippen molar-refractivity contribution in [2.45, 2.75) is 6.92 Å². The molecule has 0 unspecified atom stereocenters. The van der Waals surface area contributed by atoms with Crippen LogP contribution in [0.1, 0.15) is 22.8 Å². The largest absolute Gasteiger partial charge is 0.504 e. The number of aromatic hydroxyl groups is 1. The van der Waals surface area contributed by atoms with Gasteiger partial charge in [-0.25, -0.2) is 0 Å². The van der Waals surface area contributed by atoms with E-state index in [-0.39, 0.29) is 22.8 Å². The van der Waals surface area contributed by atoms with Gasteiger partial charge in [-0.3, -0.25) is 4.79 Å². The van der Waals surface area contributed by atoms with Gasteiger partial charge in [0.15, 0.2) is 17.1 Å². The first-order valence-electron chi connectivity index (χ1n) is 8.50. The lowest BCUT2D eigenvalue weighted by molar-refractivity contribution is 0.104. The van der Waals surface area contributed by atoms with Gasteiger partial charge < -0.3 is 23.7 Å². The summed E-state index contributed by atoms with van der Waals surface area (Å²) in [7, 11) is 2.82. The molecule has 1 aromatic heterocycles. The Kier molecular flexibility index (Phi) is 5.94. The molecule has 0 spiro atoms. The van der Waals surface area contributed by atoms with Gasteiger partial charge in [0.1, 0.15) is 17.1 Å². The topological polar surface area (TPSA) is 78.1 Å². The Bertz CT molecular complexity index is 1050. The van der Waals surface area contributed by atoms with Gasteiger partial charge in [0, 0.05) is 10.0 Å². The number of allylic oxidation sites excluding steroid dienone is 1. The number of ketones is 1. The van der Waals surface area contributed by atoms with Crippen molar-refractivity contribution in [3.05, 3.63) is 52.2 Å². The highest BCUT2D eigenvalue weighted by atomic mass is 79.9. The van der Waals surface area contributed by atoms with Gasteiger partial charge in [0.25, 0.3) is 0 Å². The highest BCUT2D eigenvalue weighted by Crippen LogP contribution is 2.46. The summed E-state index contributed by atoms with van der Waals surface area (Å²) < 4.78 is 22.4. The molecular weight excluding hydrogens is 428 g/mol. The molecule has 2 aromatic carbocycles. The SMILES string of the molecule is CCOc1ccc(Br)cc1/C=C/C(=O)c1c(O)c(OC)c2occc2c1OC. The molecule has 0 aliphatic carbocycles. The van der Waals surface area contributed by atoms with Crippen molar-refractivity contribution in [1.29, 1.82) is 0 Å². The molecule has 7 heteroatoms. The van der Waals surface area contributed by atoms with Crippen molar-refractivity contribution in [3.8, 4) is 23.0 Å². The highest BCUT2D eigenvalue weighted by molar-refractivity contribution is 9.10. The molecule has 3 aromatic rings. The van der Waals surface area contributed by atoms with Crippen molar-refractivity contribution in [2.75, 3.05) is 20.8 Å². The third-order valence-electron chi connectivity index (χ3n) is 4.14. The Morgan fingerprint density at radius 2 is 1.96 bits per heavy atom. The normalized spacial score (nSPS) is 11.1. The Hall–Kier alpha value is -2.93. The number of fused-ring (bicyclic) bond motifs is 1. The number of carbonyl (C=O) groups is 1. The van der Waals surface area contributed by atoms with E-state index in [0.717, 1.165) is 10.0 Å². The fourth-order valence-corrected chi connectivity index (χ4v) is 3.32. The van der Waals surface area contributed by atoms with E-state index in [1.807, 2.05) is 25.1 Å². The minimum atomic E-state index is -0.446. The van der Waals surface area contributed by atoms with Crippen LogP contribution in [0.25, 0.3) is 17.0 Å². The number of phenols is 1. The van der Waals surface area contributed by atoms with Crippen LogP contribution < -0.4 is 14.2 Å². The maximum Gasteiger partial charge on any atom is 0.205 e. The van der Waals surface area contributed by atoms with Crippen LogP contribution in [0, 0.1) is 0 Å². The van der Waals surface area contributed by atoms with E-state index in [1.54, 1.807) is 12.1 Å². The summed E-state index contributed by atoms with van der Waals surface area (Å²) in [5.74, 6) is 0.161. The Morgan fingerprint density at radius 3 is 2.64 bits per heavy atom. The predicted molar refractivity (Wildman–Crippen MR) is 110 cm³/mol. The highest BCUT2D eigenvalue weighted by Gasteiger charge is 2.26. The second-order valence-electron chi connectivity index (χ2n) is 5.77. The van der Waals surface area contributed by atoms with Gasteiger partial charge in [-0.15, -0.1) is 0 Å². The lowest BCUT2D eigenvalue weighted by Gasteiger charge is -2.13. The number of hydrogen-bond acceptors (Lipinski definition) is 6. The lowest BCUT2D eigenvalue weighted by Crippen LogP contribution is -2.02. The first-order valence-corrected chi connectivity index (χ1v) is 9.29. The molecule has 0 saturated heterocycles. The molecule has 0 aliphatic heterocycles. The number of carbonyl (C=O) groups excluding carboxylic acids is 1. The average molecular weight is 447 g/mol. The molecule has 0 aliphatic rings. The third kappa shape index (κ3) is 3.57. The number of benzene rings is 2. The third-order valence-corrected chi connectivity index (χ3v) is 4.63. The Morgan fingerprint density at radius 1 is 1.21 bits per heavy atom. The van der Waals surface area contributed by atoms with E-state index in [4.69, 9.17) is 18.6 Å². The molecule has 6 nitrogen and oxygen atoms in total. The van der Waals surface area contributed by atoms with E-state index >= 15 is 0 Å². The van der Waals surface area contributed by atoms with Crippen LogP contribution in [-0.4, -0.2) is 31.7 Å². The van der Waals surface area contributed by atoms with Crippen LogP contribution in [0.4, 0.5) is 0 Å². The molecule has 0 fully saturated rings. The van der Waals surface area contributed by atoms with Crippen LogP contribution in [-0.2, 0) is 0 Å². The monoisotopic (exact) mass is 446 g/mol. The summed E-state index contributed by atoms with van der Waals surface area (Å²) >= 11 is 3.41. The smallest absolute Gasteiger partial charge is 0.205 e. The maximum absolute atomic E-state index is 12.9. The summed E-state index contributed by atoms with van der Waals surface area (Å²) in [5, 5.41) is 11.1. The molecule has 28 heavy (non-hydrogen) atoms. The molecule has 0 saturated carbocycles. The number of methoxy groups -OCH3 is 2. The van der Waals surface area contributed by atoms with Crippen LogP contribution in [0.5, 0.6) is 23.0 Å². The molecular formula is C21H19BrO6. The second-order valence-corrected chi connectivity index (χ2v) is 6.68. The molecule has 146 valence electrons. The van der Waals surface area contributed by atoms with Gasteiger partial charge in [-0.1, -0.05) is 15.9 Å². The van der Waals surface area contributed by atoms with E-state index in [9.17, 15) is 9.90 Å². The number of rotatable bonds is 7. The van der Waals surface area contributed by atoms with E-state index in [0.29, 0.717) is 23.3 Å². The van der Waals surface area contributed by atoms with Crippen LogP contribution >= 0.6 is 15.9 Å². The Balaban J connectivity index is 2.09. The first-order chi connectivity index (χ1) is 13.5. The van der Waals surface area contributed by atoms with Crippen molar-refractivity contribution in [2.24, 2.45) is 0 Å². The van der Waals surface area contributed by atoms with Crippen molar-refractivity contribution in [1.82, 2.24) is 0 Å². The molecule has 0 atom stereocenters. The molecule has 1 N–H and O–H groups in total. The number of hydrogen-bond donors (Lipinski definition) is 1. The van der Waals surface area contributed by atoms with Crippen LogP contribution in [0.3, 0.4) is 0 Å². The number of furan rings is 1. The summed E-state index contributed by atoms with van der Waals surface area (Å²) in [4.78, 5) is 12.9. The first kappa shape index (κ1) is 19.8. The van der Waals surface area contributed by atoms with Gasteiger partial charge in [-0.2, -0.15) is 0 Å². The standard InChI is InChI=1S/C21H19BrO6/c1-4-27-16-8-6-13(22)11-12(16)5-7-15(23)17-18(24)21(26-3)20-14(9-10-28-20)19(17)25-2/h5-11,24H,4H2,1-3H3/b7-5+. The zero-order valence-electron chi connectivity index (χ0n) is 15.6. The van der Waals surface area contributed by atoms with E-state index < -0.39 is 5.78 Å². The second kappa shape index (κ2) is 8.39. The maximum atomic E-state index is 12.9. The quantitative estimate of drug-likeness (QED) is 0.396. The van der Waals surface area contributed by atoms with Crippen molar-refractivity contribution in [3.63, 3.8) is 0 Å².